The summed E-state index contributed by atoms with van der Waals surface area (Å²) >= 11 is 0. The third kappa shape index (κ3) is 4.61. The molecule has 3 aromatic carbocycles. The molecule has 0 aliphatic carbocycles. The van der Waals surface area contributed by atoms with Gasteiger partial charge in [0.05, 0.1) is 15.9 Å². The Morgan fingerprint density at radius 2 is 1.04 bits per heavy atom. The van der Waals surface area contributed by atoms with Crippen LogP contribution < -0.4 is 10.6 Å². The highest BCUT2D eigenvalue weighted by atomic mass is 16.6. The van der Waals surface area contributed by atoms with Crippen molar-refractivity contribution in [1.82, 2.24) is 0 Å². The van der Waals surface area contributed by atoms with Crippen molar-refractivity contribution in [2.45, 2.75) is 13.1 Å². The van der Waals surface area contributed by atoms with Gasteiger partial charge < -0.3 is 10.6 Å². The maximum Gasteiger partial charge on any atom is 0.299 e. The first-order valence-corrected chi connectivity index (χ1v) is 8.57. The fourth-order valence-electron chi connectivity index (χ4n) is 2.75. The number of nitrogens with zero attached hydrogens (tertiary/aromatic N) is 2. The molecular weight excluding hydrogens is 360 g/mol. The average Bonchev–Trinajstić information content (AvgIpc) is 2.71. The van der Waals surface area contributed by atoms with Gasteiger partial charge in [0.25, 0.3) is 11.4 Å². The molecular formula is C20H18N4O4. The van der Waals surface area contributed by atoms with Gasteiger partial charge in [-0.3, -0.25) is 20.2 Å². The smallest absolute Gasteiger partial charge is 0.299 e. The summed E-state index contributed by atoms with van der Waals surface area (Å²) in [7, 11) is 0. The molecule has 0 unspecified atom stereocenters. The van der Waals surface area contributed by atoms with Crippen LogP contribution in [0.15, 0.2) is 72.8 Å². The Morgan fingerprint density at radius 1 is 0.643 bits per heavy atom. The molecule has 0 bridgehead atoms. The van der Waals surface area contributed by atoms with E-state index in [2.05, 4.69) is 10.6 Å². The van der Waals surface area contributed by atoms with Crippen LogP contribution in [-0.2, 0) is 13.1 Å². The van der Waals surface area contributed by atoms with Crippen molar-refractivity contribution in [3.63, 3.8) is 0 Å². The number of hydrogen-bond acceptors (Lipinski definition) is 6. The van der Waals surface area contributed by atoms with Crippen molar-refractivity contribution in [1.29, 1.82) is 0 Å². The lowest BCUT2D eigenvalue weighted by Crippen LogP contribution is -2.07. The van der Waals surface area contributed by atoms with Crippen molar-refractivity contribution < 1.29 is 9.85 Å². The normalized spacial score (nSPS) is 10.3. The topological polar surface area (TPSA) is 110 Å². The summed E-state index contributed by atoms with van der Waals surface area (Å²) in [4.78, 5) is 21.6. The molecule has 0 aliphatic heterocycles. The van der Waals surface area contributed by atoms with E-state index in [0.29, 0.717) is 13.1 Å². The molecule has 0 aromatic heterocycles. The van der Waals surface area contributed by atoms with Crippen molar-refractivity contribution in [3.8, 4) is 0 Å². The Labute approximate surface area is 161 Å². The van der Waals surface area contributed by atoms with Crippen molar-refractivity contribution in [3.05, 3.63) is 104 Å². The Hall–Kier alpha value is -3.94. The molecule has 142 valence electrons. The number of nitro groups is 2. The Balaban J connectivity index is 1.90. The molecule has 8 heteroatoms. The summed E-state index contributed by atoms with van der Waals surface area (Å²) in [6, 6.07) is 21.2. The van der Waals surface area contributed by atoms with E-state index in [9.17, 15) is 20.2 Å². The number of anilines is 2. The van der Waals surface area contributed by atoms with Crippen LogP contribution >= 0.6 is 0 Å². The molecule has 0 radical (unpaired) electrons. The molecule has 8 nitrogen and oxygen atoms in total. The number of nitro benzene ring substituents is 2. The maximum atomic E-state index is 11.4. The summed E-state index contributed by atoms with van der Waals surface area (Å²) in [6.45, 7) is 0.717. The third-order valence-electron chi connectivity index (χ3n) is 4.16. The largest absolute Gasteiger partial charge is 0.375 e. The number of rotatable bonds is 8. The first kappa shape index (κ1) is 18.8. The quantitative estimate of drug-likeness (QED) is 0.433. The second-order valence-electron chi connectivity index (χ2n) is 6.08. The van der Waals surface area contributed by atoms with E-state index >= 15 is 0 Å². The van der Waals surface area contributed by atoms with Gasteiger partial charge in [-0.1, -0.05) is 60.7 Å². The molecule has 3 aromatic rings. The predicted molar refractivity (Wildman–Crippen MR) is 107 cm³/mol. The highest BCUT2D eigenvalue weighted by Crippen LogP contribution is 2.36. The van der Waals surface area contributed by atoms with Gasteiger partial charge in [-0.25, -0.2) is 0 Å². The summed E-state index contributed by atoms with van der Waals surface area (Å²) in [6.07, 6.45) is 0. The van der Waals surface area contributed by atoms with Crippen LogP contribution in [0, 0.1) is 20.2 Å². The highest BCUT2D eigenvalue weighted by Gasteiger charge is 2.24. The molecule has 0 amide bonds. The van der Waals surface area contributed by atoms with Crippen LogP contribution in [0.2, 0.25) is 0 Å². The maximum absolute atomic E-state index is 11.4. The second kappa shape index (κ2) is 8.63. The average molecular weight is 378 g/mol. The van der Waals surface area contributed by atoms with Gasteiger partial charge in [-0.2, -0.15) is 0 Å². The Kier molecular flexibility index (Phi) is 5.81. The van der Waals surface area contributed by atoms with E-state index in [1.54, 1.807) is 0 Å². The van der Waals surface area contributed by atoms with Crippen molar-refractivity contribution in [2.24, 2.45) is 0 Å². The van der Waals surface area contributed by atoms with Crippen LogP contribution in [0.4, 0.5) is 22.7 Å². The number of hydrogen-bond donors (Lipinski definition) is 2. The van der Waals surface area contributed by atoms with E-state index < -0.39 is 9.85 Å². The first-order chi connectivity index (χ1) is 13.5. The van der Waals surface area contributed by atoms with Crippen LogP contribution in [0.25, 0.3) is 0 Å². The molecule has 2 N–H and O–H groups in total. The summed E-state index contributed by atoms with van der Waals surface area (Å²) in [5.41, 5.74) is 1.63. The zero-order valence-electron chi connectivity index (χ0n) is 14.9. The monoisotopic (exact) mass is 378 g/mol. The van der Waals surface area contributed by atoms with Gasteiger partial charge in [-0.05, 0) is 17.2 Å². The van der Waals surface area contributed by atoms with Crippen molar-refractivity contribution >= 4 is 22.7 Å². The van der Waals surface area contributed by atoms with E-state index in [1.807, 2.05) is 60.7 Å². The van der Waals surface area contributed by atoms with Gasteiger partial charge in [0.2, 0.25) is 0 Å². The van der Waals surface area contributed by atoms with E-state index in [-0.39, 0.29) is 22.7 Å². The molecule has 3 rings (SSSR count). The molecule has 0 saturated carbocycles. The molecule has 0 heterocycles. The Bertz CT molecular complexity index is 902. The van der Waals surface area contributed by atoms with Gasteiger partial charge in [0, 0.05) is 13.1 Å². The number of benzene rings is 3. The summed E-state index contributed by atoms with van der Waals surface area (Å²) < 4.78 is 0. The fourth-order valence-corrected chi connectivity index (χ4v) is 2.75. The molecule has 28 heavy (non-hydrogen) atoms. The van der Waals surface area contributed by atoms with Crippen LogP contribution in [0.3, 0.4) is 0 Å². The van der Waals surface area contributed by atoms with E-state index in [0.717, 1.165) is 17.2 Å². The summed E-state index contributed by atoms with van der Waals surface area (Å²) in [5.74, 6) is 0. The Morgan fingerprint density at radius 3 is 1.39 bits per heavy atom. The molecule has 0 atom stereocenters. The van der Waals surface area contributed by atoms with E-state index in [4.69, 9.17) is 0 Å². The molecule has 0 saturated heterocycles. The number of nitrogens with one attached hydrogen (secondary N) is 2. The lowest BCUT2D eigenvalue weighted by molar-refractivity contribution is -0.393. The van der Waals surface area contributed by atoms with Gasteiger partial charge in [0.1, 0.15) is 11.4 Å². The third-order valence-corrected chi connectivity index (χ3v) is 4.16. The van der Waals surface area contributed by atoms with E-state index in [1.165, 1.54) is 6.07 Å². The van der Waals surface area contributed by atoms with Crippen LogP contribution in [0.5, 0.6) is 0 Å². The standard InChI is InChI=1S/C20H18N4O4/c25-23(26)19-12-20(24(27)28)18(22-14-16-9-5-2-6-10-16)11-17(19)21-13-15-7-3-1-4-8-15/h1-12,21-22H,13-14H2. The molecule has 0 spiro atoms. The van der Waals surface area contributed by atoms with Gasteiger partial charge in [-0.15, -0.1) is 0 Å². The van der Waals surface area contributed by atoms with Gasteiger partial charge >= 0.3 is 0 Å². The van der Waals surface area contributed by atoms with Crippen LogP contribution in [-0.4, -0.2) is 9.85 Å². The SMILES string of the molecule is O=[N+]([O-])c1cc([N+](=O)[O-])c(NCc2ccccc2)cc1NCc1ccccc1. The first-order valence-electron chi connectivity index (χ1n) is 8.57. The van der Waals surface area contributed by atoms with Crippen LogP contribution in [0.1, 0.15) is 11.1 Å². The zero-order valence-corrected chi connectivity index (χ0v) is 14.9. The molecule has 0 fully saturated rings. The minimum atomic E-state index is -0.624. The minimum Gasteiger partial charge on any atom is -0.375 e. The molecule has 0 aliphatic rings. The van der Waals surface area contributed by atoms with Crippen molar-refractivity contribution in [2.75, 3.05) is 10.6 Å². The van der Waals surface area contributed by atoms with Gasteiger partial charge in [0.15, 0.2) is 0 Å². The lowest BCUT2D eigenvalue weighted by atomic mass is 10.1. The summed E-state index contributed by atoms with van der Waals surface area (Å²) in [5, 5.41) is 28.9. The predicted octanol–water partition coefficient (Wildman–Crippen LogP) is 4.73. The second-order valence-corrected chi connectivity index (χ2v) is 6.08. The highest BCUT2D eigenvalue weighted by molar-refractivity contribution is 5.77. The zero-order chi connectivity index (χ0) is 19.9. The minimum absolute atomic E-state index is 0.218. The lowest BCUT2D eigenvalue weighted by Gasteiger charge is -2.12. The fraction of sp³-hybridized carbons (Fsp3) is 0.100.